The normalized spacial score (nSPS) is 19.7. The molecule has 1 atom stereocenters. The molecule has 1 aromatic carbocycles. The van der Waals surface area contributed by atoms with Crippen molar-refractivity contribution in [3.05, 3.63) is 46.6 Å². The van der Waals surface area contributed by atoms with Crippen LogP contribution in [0.3, 0.4) is 0 Å². The molecule has 1 heterocycles. The third-order valence-corrected chi connectivity index (χ3v) is 4.64. The van der Waals surface area contributed by atoms with Gasteiger partial charge in [0.2, 0.25) is 5.88 Å². The Bertz CT molecular complexity index is 823. The van der Waals surface area contributed by atoms with Gasteiger partial charge < -0.3 is 24.7 Å². The third-order valence-electron chi connectivity index (χ3n) is 4.64. The number of ketones is 1. The number of esters is 1. The second kappa shape index (κ2) is 7.11. The van der Waals surface area contributed by atoms with Crippen molar-refractivity contribution in [1.82, 2.24) is 0 Å². The van der Waals surface area contributed by atoms with Crippen LogP contribution in [0.5, 0.6) is 11.5 Å². The van der Waals surface area contributed by atoms with E-state index in [4.69, 9.17) is 24.7 Å². The van der Waals surface area contributed by atoms with Crippen molar-refractivity contribution in [2.24, 2.45) is 5.73 Å². The number of methoxy groups -OCH3 is 3. The molecule has 0 spiro atoms. The first kappa shape index (κ1) is 17.8. The van der Waals surface area contributed by atoms with Crippen LogP contribution in [0.15, 0.2) is 41.0 Å². The van der Waals surface area contributed by atoms with Crippen molar-refractivity contribution >= 4 is 11.8 Å². The fourth-order valence-electron chi connectivity index (χ4n) is 3.44. The summed E-state index contributed by atoms with van der Waals surface area (Å²) in [7, 11) is 4.32. The Hall–Kier alpha value is -2.96. The van der Waals surface area contributed by atoms with Gasteiger partial charge in [0.1, 0.15) is 22.8 Å². The minimum atomic E-state index is -0.732. The van der Waals surface area contributed by atoms with E-state index in [9.17, 15) is 9.59 Å². The molecule has 2 N–H and O–H groups in total. The first-order chi connectivity index (χ1) is 12.5. The average Bonchev–Trinajstić information content (AvgIpc) is 2.66. The maximum absolute atomic E-state index is 12.7. The van der Waals surface area contributed by atoms with Gasteiger partial charge in [0.05, 0.1) is 27.2 Å². The fourth-order valence-corrected chi connectivity index (χ4v) is 3.44. The summed E-state index contributed by atoms with van der Waals surface area (Å²) in [6.07, 6.45) is 1.65. The number of benzene rings is 1. The van der Waals surface area contributed by atoms with Crippen LogP contribution >= 0.6 is 0 Å². The van der Waals surface area contributed by atoms with E-state index in [2.05, 4.69) is 0 Å². The molecular formula is C19H21NO6. The molecule has 0 saturated heterocycles. The molecule has 0 fully saturated rings. The second-order valence-corrected chi connectivity index (χ2v) is 6.03. The molecule has 7 heteroatoms. The Balaban J connectivity index is 2.27. The number of carbonyl (C=O) groups is 2. The molecule has 0 radical (unpaired) electrons. The molecule has 1 aromatic rings. The zero-order chi connectivity index (χ0) is 18.8. The van der Waals surface area contributed by atoms with Crippen molar-refractivity contribution in [3.63, 3.8) is 0 Å². The van der Waals surface area contributed by atoms with E-state index in [0.717, 1.165) is 0 Å². The lowest BCUT2D eigenvalue weighted by atomic mass is 9.77. The molecule has 26 heavy (non-hydrogen) atoms. The monoisotopic (exact) mass is 359 g/mol. The Morgan fingerprint density at radius 2 is 1.96 bits per heavy atom. The first-order valence-electron chi connectivity index (χ1n) is 8.25. The molecule has 1 aliphatic carbocycles. The molecular weight excluding hydrogens is 338 g/mol. The molecule has 2 aliphatic rings. The van der Waals surface area contributed by atoms with Crippen LogP contribution in [0.2, 0.25) is 0 Å². The van der Waals surface area contributed by atoms with Gasteiger partial charge in [-0.1, -0.05) is 0 Å². The van der Waals surface area contributed by atoms with Crippen molar-refractivity contribution in [2.45, 2.75) is 25.2 Å². The number of allylic oxidation sites excluding steroid dienone is 2. The van der Waals surface area contributed by atoms with Gasteiger partial charge in [-0.2, -0.15) is 0 Å². The predicted octanol–water partition coefficient (Wildman–Crippen LogP) is 2.17. The maximum atomic E-state index is 12.7. The van der Waals surface area contributed by atoms with E-state index in [1.54, 1.807) is 18.2 Å². The zero-order valence-electron chi connectivity index (χ0n) is 15.0. The van der Waals surface area contributed by atoms with Gasteiger partial charge in [0.15, 0.2) is 5.78 Å². The van der Waals surface area contributed by atoms with Crippen molar-refractivity contribution in [1.29, 1.82) is 0 Å². The molecule has 0 saturated carbocycles. The van der Waals surface area contributed by atoms with Crippen LogP contribution in [-0.4, -0.2) is 33.1 Å². The topological polar surface area (TPSA) is 97.1 Å². The molecule has 0 amide bonds. The number of hydrogen-bond donors (Lipinski definition) is 1. The quantitative estimate of drug-likeness (QED) is 0.823. The SMILES string of the molecule is COC(=O)C1=C(N)OC2=C(C(=O)CCC2)C1c1cc(OC)ccc1OC. The summed E-state index contributed by atoms with van der Waals surface area (Å²) < 4.78 is 21.3. The van der Waals surface area contributed by atoms with Crippen molar-refractivity contribution < 1.29 is 28.5 Å². The molecule has 1 aliphatic heterocycles. The Morgan fingerprint density at radius 3 is 2.62 bits per heavy atom. The number of Topliss-reactive ketones (excluding diaryl/α,β-unsaturated/α-hetero) is 1. The summed E-state index contributed by atoms with van der Waals surface area (Å²) in [4.78, 5) is 25.2. The Morgan fingerprint density at radius 1 is 1.19 bits per heavy atom. The highest BCUT2D eigenvalue weighted by atomic mass is 16.5. The summed E-state index contributed by atoms with van der Waals surface area (Å²) in [5.74, 6) is 0.0698. The molecule has 1 unspecified atom stereocenters. The molecule has 138 valence electrons. The van der Waals surface area contributed by atoms with Gasteiger partial charge in [0, 0.05) is 24.0 Å². The highest BCUT2D eigenvalue weighted by Crippen LogP contribution is 2.47. The zero-order valence-corrected chi connectivity index (χ0v) is 15.0. The summed E-state index contributed by atoms with van der Waals surface area (Å²) in [6.45, 7) is 0. The van der Waals surface area contributed by atoms with Crippen molar-refractivity contribution in [2.75, 3.05) is 21.3 Å². The predicted molar refractivity (Wildman–Crippen MR) is 92.5 cm³/mol. The standard InChI is InChI=1S/C19H21NO6/c1-23-10-7-8-13(24-2)11(9-10)15-16-12(21)5-4-6-14(16)26-18(20)17(15)19(22)25-3/h7-9,15H,4-6,20H2,1-3H3. The molecule has 3 rings (SSSR count). The van der Waals surface area contributed by atoms with E-state index in [0.29, 0.717) is 47.7 Å². The number of hydrogen-bond acceptors (Lipinski definition) is 7. The summed E-state index contributed by atoms with van der Waals surface area (Å²) in [5.41, 5.74) is 7.15. The summed E-state index contributed by atoms with van der Waals surface area (Å²) in [6, 6.07) is 5.20. The van der Waals surface area contributed by atoms with E-state index in [1.807, 2.05) is 0 Å². The second-order valence-electron chi connectivity index (χ2n) is 6.03. The van der Waals surface area contributed by atoms with Gasteiger partial charge in [-0.05, 0) is 24.6 Å². The number of carbonyl (C=O) groups excluding carboxylic acids is 2. The van der Waals surface area contributed by atoms with Gasteiger partial charge in [-0.3, -0.25) is 4.79 Å². The Labute approximate surface area is 151 Å². The van der Waals surface area contributed by atoms with E-state index in [1.165, 1.54) is 21.3 Å². The van der Waals surface area contributed by atoms with Crippen LogP contribution < -0.4 is 15.2 Å². The van der Waals surface area contributed by atoms with E-state index < -0.39 is 11.9 Å². The van der Waals surface area contributed by atoms with Crippen LogP contribution in [0.25, 0.3) is 0 Å². The fraction of sp³-hybridized carbons (Fsp3) is 0.368. The smallest absolute Gasteiger partial charge is 0.340 e. The minimum Gasteiger partial charge on any atom is -0.497 e. The van der Waals surface area contributed by atoms with Gasteiger partial charge >= 0.3 is 5.97 Å². The summed E-state index contributed by atoms with van der Waals surface area (Å²) in [5, 5.41) is 0. The van der Waals surface area contributed by atoms with E-state index in [-0.39, 0.29) is 17.2 Å². The lowest BCUT2D eigenvalue weighted by Crippen LogP contribution is -2.31. The largest absolute Gasteiger partial charge is 0.497 e. The van der Waals surface area contributed by atoms with Gasteiger partial charge in [0.25, 0.3) is 0 Å². The Kier molecular flexibility index (Phi) is 4.88. The van der Waals surface area contributed by atoms with Crippen LogP contribution in [0.4, 0.5) is 0 Å². The number of rotatable bonds is 4. The molecule has 7 nitrogen and oxygen atoms in total. The lowest BCUT2D eigenvalue weighted by Gasteiger charge is -2.32. The number of nitrogens with two attached hydrogens (primary N) is 1. The summed E-state index contributed by atoms with van der Waals surface area (Å²) >= 11 is 0. The van der Waals surface area contributed by atoms with Crippen LogP contribution in [-0.2, 0) is 19.1 Å². The van der Waals surface area contributed by atoms with E-state index >= 15 is 0 Å². The van der Waals surface area contributed by atoms with Crippen molar-refractivity contribution in [3.8, 4) is 11.5 Å². The maximum Gasteiger partial charge on any atom is 0.340 e. The molecule has 0 bridgehead atoms. The number of ether oxygens (including phenoxy) is 4. The first-order valence-corrected chi connectivity index (χ1v) is 8.25. The minimum absolute atomic E-state index is 0.0554. The lowest BCUT2D eigenvalue weighted by molar-refractivity contribution is -0.136. The van der Waals surface area contributed by atoms with Gasteiger partial charge in [-0.15, -0.1) is 0 Å². The van der Waals surface area contributed by atoms with Gasteiger partial charge in [-0.25, -0.2) is 4.79 Å². The highest BCUT2D eigenvalue weighted by Gasteiger charge is 2.42. The average molecular weight is 359 g/mol. The highest BCUT2D eigenvalue weighted by molar-refractivity contribution is 6.03. The van der Waals surface area contributed by atoms with Crippen LogP contribution in [0, 0.1) is 0 Å². The van der Waals surface area contributed by atoms with Crippen LogP contribution in [0.1, 0.15) is 30.7 Å². The molecule has 0 aromatic heterocycles. The third kappa shape index (κ3) is 2.89.